The molecule has 0 saturated heterocycles. The molecule has 39 heavy (non-hydrogen) atoms. The van der Waals surface area contributed by atoms with Gasteiger partial charge in [-0.05, 0) is 79.5 Å². The van der Waals surface area contributed by atoms with Gasteiger partial charge < -0.3 is 13.7 Å². The monoisotopic (exact) mass is 573 g/mol. The molecule has 0 amide bonds. The molecule has 6 nitrogen and oxygen atoms in total. The molecule has 9 heteroatoms. The molecule has 1 fully saturated rings. The van der Waals surface area contributed by atoms with Gasteiger partial charge in [0, 0.05) is 30.5 Å². The van der Waals surface area contributed by atoms with Gasteiger partial charge in [-0.3, -0.25) is 4.79 Å². The number of ether oxygens (including phenoxy) is 1. The second-order valence-electron chi connectivity index (χ2n) is 12.1. The van der Waals surface area contributed by atoms with Gasteiger partial charge in [0.1, 0.15) is 11.6 Å². The summed E-state index contributed by atoms with van der Waals surface area (Å²) in [4.78, 5) is 13.0. The zero-order valence-electron chi connectivity index (χ0n) is 24.0. The topological polar surface area (TPSA) is 74.6 Å². The van der Waals surface area contributed by atoms with Crippen molar-refractivity contribution in [3.8, 4) is 16.9 Å². The van der Waals surface area contributed by atoms with Crippen molar-refractivity contribution < 1.29 is 22.0 Å². The summed E-state index contributed by atoms with van der Waals surface area (Å²) in [5.74, 6) is -0.000261. The summed E-state index contributed by atoms with van der Waals surface area (Å²) in [7, 11) is -3.75. The second kappa shape index (κ2) is 10.8. The van der Waals surface area contributed by atoms with E-state index < -0.39 is 24.0 Å². The minimum Gasteiger partial charge on any atom is -0.490 e. The third-order valence-corrected chi connectivity index (χ3v) is 14.6. The number of fused-ring (bicyclic) bond motifs is 1. The van der Waals surface area contributed by atoms with E-state index >= 15 is 0 Å². The van der Waals surface area contributed by atoms with Crippen LogP contribution in [0.1, 0.15) is 53.4 Å². The highest BCUT2D eigenvalue weighted by molar-refractivity contribution is 7.91. The number of hydrogen-bond donors (Lipinski definition) is 0. The van der Waals surface area contributed by atoms with Crippen LogP contribution in [0.4, 0.5) is 4.39 Å². The summed E-state index contributed by atoms with van der Waals surface area (Å²) in [6, 6.07) is 8.99. The lowest BCUT2D eigenvalue weighted by molar-refractivity contribution is 0.0728. The first-order chi connectivity index (χ1) is 18.1. The number of pyridine rings is 1. The number of sulfone groups is 1. The van der Waals surface area contributed by atoms with Crippen molar-refractivity contribution in [2.24, 2.45) is 7.05 Å². The molecule has 212 valence electrons. The fourth-order valence-corrected chi connectivity index (χ4v) is 7.21. The van der Waals surface area contributed by atoms with Crippen LogP contribution < -0.4 is 10.3 Å². The van der Waals surface area contributed by atoms with E-state index in [9.17, 15) is 17.6 Å². The van der Waals surface area contributed by atoms with Crippen LogP contribution in [0.25, 0.3) is 21.9 Å². The Bertz CT molecular complexity index is 1530. The lowest BCUT2D eigenvalue weighted by atomic mass is 9.94. The van der Waals surface area contributed by atoms with Crippen LogP contribution >= 0.6 is 0 Å². The lowest BCUT2D eigenvalue weighted by Gasteiger charge is -2.41. The van der Waals surface area contributed by atoms with Crippen molar-refractivity contribution in [2.45, 2.75) is 88.6 Å². The SMILES string of the molecule is CCS(=O)(=O)c1ccc(OC2CCC(O[Si](C)(C)C(C)(C)C)CC2)c(-c2cn(C)c(=O)c3cc(F)ccc23)c1. The van der Waals surface area contributed by atoms with Crippen molar-refractivity contribution >= 4 is 28.9 Å². The standard InChI is InChI=1S/C30H40FNO5SSi/c1-8-38(34,35)23-14-16-28(36-21-10-12-22(13-11-21)37-39(6,7)30(2,3)4)25(18-23)27-19-32(5)29(33)26-17-20(31)9-15-24(26)27/h9,14-19,21-22H,8,10-13H2,1-7H3. The molecule has 0 bridgehead atoms. The van der Waals surface area contributed by atoms with Crippen molar-refractivity contribution in [1.82, 2.24) is 4.57 Å². The van der Waals surface area contributed by atoms with Crippen LogP contribution in [0.15, 0.2) is 52.3 Å². The van der Waals surface area contributed by atoms with E-state index in [0.29, 0.717) is 22.3 Å². The Morgan fingerprint density at radius 3 is 2.23 bits per heavy atom. The van der Waals surface area contributed by atoms with E-state index in [1.165, 1.54) is 16.7 Å². The molecule has 0 N–H and O–H groups in total. The molecule has 1 heterocycles. The summed E-state index contributed by atoms with van der Waals surface area (Å²) in [6.45, 7) is 12.9. The highest BCUT2D eigenvalue weighted by Crippen LogP contribution is 2.41. The largest absolute Gasteiger partial charge is 0.490 e. The summed E-state index contributed by atoms with van der Waals surface area (Å²) in [5.41, 5.74) is 0.856. The number of rotatable bonds is 7. The molecular formula is C30H40FNO5SSi. The van der Waals surface area contributed by atoms with Crippen LogP contribution in [0.5, 0.6) is 5.75 Å². The zero-order chi connectivity index (χ0) is 28.8. The molecule has 0 atom stereocenters. The molecule has 1 aliphatic rings. The van der Waals surface area contributed by atoms with Crippen molar-refractivity contribution in [1.29, 1.82) is 0 Å². The van der Waals surface area contributed by atoms with Crippen LogP contribution in [0, 0.1) is 5.82 Å². The van der Waals surface area contributed by atoms with E-state index in [2.05, 4.69) is 33.9 Å². The fourth-order valence-electron chi connectivity index (χ4n) is 4.88. The smallest absolute Gasteiger partial charge is 0.258 e. The minimum atomic E-state index is -3.49. The first-order valence-corrected chi connectivity index (χ1v) is 18.2. The highest BCUT2D eigenvalue weighted by Gasteiger charge is 2.40. The maximum absolute atomic E-state index is 14.1. The van der Waals surface area contributed by atoms with Gasteiger partial charge in [0.05, 0.1) is 22.1 Å². The van der Waals surface area contributed by atoms with Gasteiger partial charge in [0.25, 0.3) is 5.56 Å². The first-order valence-electron chi connectivity index (χ1n) is 13.6. The third-order valence-electron chi connectivity index (χ3n) is 8.31. The molecule has 3 aromatic rings. The van der Waals surface area contributed by atoms with E-state index in [-0.39, 0.29) is 38.8 Å². The summed E-state index contributed by atoms with van der Waals surface area (Å²) in [5, 5.41) is 0.923. The summed E-state index contributed by atoms with van der Waals surface area (Å²) < 4.78 is 54.2. The molecule has 0 unspecified atom stereocenters. The van der Waals surface area contributed by atoms with Gasteiger partial charge in [-0.25, -0.2) is 12.8 Å². The van der Waals surface area contributed by atoms with Crippen LogP contribution in [-0.2, 0) is 21.3 Å². The van der Waals surface area contributed by atoms with Crippen LogP contribution in [-0.4, -0.2) is 39.3 Å². The number of benzene rings is 2. The summed E-state index contributed by atoms with van der Waals surface area (Å²) >= 11 is 0. The molecule has 2 aromatic carbocycles. The van der Waals surface area contributed by atoms with E-state index in [4.69, 9.17) is 9.16 Å². The molecule has 4 rings (SSSR count). The molecular weight excluding hydrogens is 533 g/mol. The third kappa shape index (κ3) is 6.15. The van der Waals surface area contributed by atoms with Crippen molar-refractivity contribution in [2.75, 3.05) is 5.75 Å². The Kier molecular flexibility index (Phi) is 8.18. The Balaban J connectivity index is 1.70. The van der Waals surface area contributed by atoms with Gasteiger partial charge in [0.15, 0.2) is 18.2 Å². The molecule has 1 saturated carbocycles. The molecule has 0 spiro atoms. The Hall–Kier alpha value is -2.49. The molecule has 1 aliphatic carbocycles. The van der Waals surface area contributed by atoms with Gasteiger partial charge >= 0.3 is 0 Å². The van der Waals surface area contributed by atoms with E-state index in [1.54, 1.807) is 44.4 Å². The van der Waals surface area contributed by atoms with Crippen LogP contribution in [0.3, 0.4) is 0 Å². The number of nitrogens with zero attached hydrogens (tertiary/aromatic N) is 1. The second-order valence-corrected chi connectivity index (χ2v) is 19.1. The molecule has 1 aromatic heterocycles. The van der Waals surface area contributed by atoms with Gasteiger partial charge in [-0.1, -0.05) is 33.8 Å². The lowest BCUT2D eigenvalue weighted by Crippen LogP contribution is -2.45. The molecule has 0 radical (unpaired) electrons. The van der Waals surface area contributed by atoms with E-state index in [0.717, 1.165) is 25.7 Å². The Morgan fingerprint density at radius 2 is 1.62 bits per heavy atom. The maximum atomic E-state index is 14.1. The van der Waals surface area contributed by atoms with Gasteiger partial charge in [-0.15, -0.1) is 0 Å². The Morgan fingerprint density at radius 1 is 0.974 bits per heavy atom. The highest BCUT2D eigenvalue weighted by atomic mass is 32.2. The first kappa shape index (κ1) is 29.5. The average molecular weight is 574 g/mol. The number of halogens is 1. The molecule has 0 aliphatic heterocycles. The number of hydrogen-bond acceptors (Lipinski definition) is 5. The summed E-state index contributed by atoms with van der Waals surface area (Å²) in [6.07, 6.45) is 5.28. The fraction of sp³-hybridized carbons (Fsp3) is 0.500. The van der Waals surface area contributed by atoms with E-state index in [1.807, 2.05) is 0 Å². The van der Waals surface area contributed by atoms with Crippen LogP contribution in [0.2, 0.25) is 18.1 Å². The number of aromatic nitrogens is 1. The van der Waals surface area contributed by atoms with Gasteiger partial charge in [0.2, 0.25) is 0 Å². The average Bonchev–Trinajstić information content (AvgIpc) is 2.87. The number of aryl methyl sites for hydroxylation is 1. The zero-order valence-corrected chi connectivity index (χ0v) is 25.8. The van der Waals surface area contributed by atoms with Crippen molar-refractivity contribution in [3.05, 3.63) is 58.8 Å². The predicted molar refractivity (Wildman–Crippen MR) is 157 cm³/mol. The quantitative estimate of drug-likeness (QED) is 0.289. The minimum absolute atomic E-state index is 0.0376. The predicted octanol–water partition coefficient (Wildman–Crippen LogP) is 6.85. The Labute approximate surface area is 232 Å². The van der Waals surface area contributed by atoms with Gasteiger partial charge in [-0.2, -0.15) is 0 Å². The van der Waals surface area contributed by atoms with Crippen molar-refractivity contribution in [3.63, 3.8) is 0 Å². The maximum Gasteiger partial charge on any atom is 0.258 e. The normalized spacial score (nSPS) is 18.9.